The van der Waals surface area contributed by atoms with E-state index >= 15 is 0 Å². The molecule has 204 valence electrons. The van der Waals surface area contributed by atoms with Crippen LogP contribution in [-0.2, 0) is 20.8 Å². The Morgan fingerprint density at radius 3 is 2.59 bits per heavy atom. The van der Waals surface area contributed by atoms with E-state index in [-0.39, 0.29) is 48.8 Å². The Labute approximate surface area is 221 Å². The summed E-state index contributed by atoms with van der Waals surface area (Å²) >= 11 is 0. The molecule has 2 aliphatic heterocycles. The Balaban J connectivity index is 1.56. The number of benzene rings is 1. The average Bonchev–Trinajstić information content (AvgIpc) is 2.89. The van der Waals surface area contributed by atoms with Crippen molar-refractivity contribution in [2.24, 2.45) is 0 Å². The summed E-state index contributed by atoms with van der Waals surface area (Å²) in [4.78, 5) is 68.5. The smallest absolute Gasteiger partial charge is 0.526 e. The first kappa shape index (κ1) is 27.5. The van der Waals surface area contributed by atoms with Crippen molar-refractivity contribution in [1.82, 2.24) is 20.1 Å². The fourth-order valence-corrected chi connectivity index (χ4v) is 4.50. The van der Waals surface area contributed by atoms with E-state index in [2.05, 4.69) is 10.3 Å². The van der Waals surface area contributed by atoms with E-state index in [1.165, 1.54) is 23.1 Å². The fraction of sp³-hybridized carbons (Fsp3) is 0.333. The maximum Gasteiger partial charge on any atom is 0.526 e. The Morgan fingerprint density at radius 1 is 1.21 bits per heavy atom. The molecule has 1 unspecified atom stereocenters. The Morgan fingerprint density at radius 2 is 1.95 bits per heavy atom. The molecule has 2 aromatic rings. The number of nitrogens with one attached hydrogen (secondary N) is 1. The number of halogens is 1. The van der Waals surface area contributed by atoms with E-state index in [9.17, 15) is 43.6 Å². The zero-order chi connectivity index (χ0) is 28.4. The predicted octanol–water partition coefficient (Wildman–Crippen LogP) is 0.511. The third-order valence-electron chi connectivity index (χ3n) is 6.58. The number of carbonyl (C=O) groups excluding carboxylic acids is 4. The molecule has 4 amide bonds. The molecule has 0 aliphatic carbocycles. The number of carbonyl (C=O) groups is 5. The van der Waals surface area contributed by atoms with E-state index in [0.29, 0.717) is 4.90 Å². The number of aromatic carboxylic acids is 1. The zero-order valence-electron chi connectivity index (χ0n) is 20.7. The van der Waals surface area contributed by atoms with Crippen molar-refractivity contribution in [2.75, 3.05) is 19.6 Å². The normalized spacial score (nSPS) is 17.8. The molecule has 1 fully saturated rings. The predicted molar refractivity (Wildman–Crippen MR) is 130 cm³/mol. The number of carboxylic acids is 1. The zero-order valence-corrected chi connectivity index (χ0v) is 20.7. The number of ketones is 1. The number of fused-ring (bicyclic) bond motifs is 1. The number of hydrogen-bond acceptors (Lipinski definition) is 9. The molecule has 4 rings (SSSR count). The number of aromatic nitrogens is 1. The molecule has 13 nitrogen and oxygen atoms in total. The molecule has 1 saturated heterocycles. The first-order valence-electron chi connectivity index (χ1n) is 12.0. The van der Waals surface area contributed by atoms with Gasteiger partial charge in [-0.25, -0.2) is 14.0 Å². The molecule has 1 aromatic heterocycles. The Hall–Kier alpha value is -4.53. The van der Waals surface area contributed by atoms with Crippen LogP contribution < -0.4 is 9.97 Å². The van der Waals surface area contributed by atoms with Crippen molar-refractivity contribution in [3.63, 3.8) is 0 Å². The summed E-state index contributed by atoms with van der Waals surface area (Å²) in [7, 11) is -1.67. The van der Waals surface area contributed by atoms with Crippen LogP contribution in [0, 0.1) is 5.82 Å². The van der Waals surface area contributed by atoms with Gasteiger partial charge in [-0.1, -0.05) is 6.07 Å². The number of aromatic hydroxyl groups is 1. The first-order chi connectivity index (χ1) is 18.5. The van der Waals surface area contributed by atoms with Crippen molar-refractivity contribution in [3.8, 4) is 11.5 Å². The molecule has 3 heterocycles. The highest BCUT2D eigenvalue weighted by Gasteiger charge is 2.41. The second-order valence-electron chi connectivity index (χ2n) is 9.02. The number of amides is 4. The lowest BCUT2D eigenvalue weighted by molar-refractivity contribution is -0.153. The van der Waals surface area contributed by atoms with Crippen molar-refractivity contribution in [2.45, 2.75) is 31.6 Å². The van der Waals surface area contributed by atoms with Gasteiger partial charge in [0.15, 0.2) is 5.78 Å². The van der Waals surface area contributed by atoms with Gasteiger partial charge in [0.25, 0.3) is 0 Å². The van der Waals surface area contributed by atoms with Gasteiger partial charge in [-0.3, -0.25) is 24.3 Å². The Bertz CT molecular complexity index is 1340. The van der Waals surface area contributed by atoms with Crippen LogP contribution in [0.3, 0.4) is 0 Å². The molecular formula is C24H24BFN4O9. The van der Waals surface area contributed by atoms with Crippen LogP contribution in [0.2, 0.25) is 5.82 Å². The highest BCUT2D eigenvalue weighted by molar-refractivity contribution is 6.47. The molecule has 2 aliphatic rings. The van der Waals surface area contributed by atoms with Crippen LogP contribution in [0.5, 0.6) is 11.5 Å². The summed E-state index contributed by atoms with van der Waals surface area (Å²) in [6, 6.07) is 2.30. The van der Waals surface area contributed by atoms with Crippen LogP contribution in [0.15, 0.2) is 30.5 Å². The number of imide groups is 1. The van der Waals surface area contributed by atoms with Gasteiger partial charge in [-0.15, -0.1) is 0 Å². The largest absolute Gasteiger partial charge is 0.535 e. The first-order valence-corrected chi connectivity index (χ1v) is 12.0. The van der Waals surface area contributed by atoms with Gasteiger partial charge in [0.05, 0.1) is 11.9 Å². The van der Waals surface area contributed by atoms with Gasteiger partial charge >= 0.3 is 30.9 Å². The summed E-state index contributed by atoms with van der Waals surface area (Å²) in [6.45, 7) is 2.00. The molecule has 2 atom stereocenters. The van der Waals surface area contributed by atoms with E-state index in [4.69, 9.17) is 4.65 Å². The molecule has 0 bridgehead atoms. The number of rotatable bonds is 7. The molecule has 0 saturated carbocycles. The number of nitrogens with zero attached hydrogens (tertiary/aromatic N) is 3. The summed E-state index contributed by atoms with van der Waals surface area (Å²) < 4.78 is 19.3. The maximum absolute atomic E-state index is 14.0. The lowest BCUT2D eigenvalue weighted by Gasteiger charge is -2.33. The third-order valence-corrected chi connectivity index (χ3v) is 6.58. The second-order valence-corrected chi connectivity index (χ2v) is 9.02. The number of hydrogen-bond donors (Lipinski definition) is 4. The average molecular weight is 542 g/mol. The highest BCUT2D eigenvalue weighted by atomic mass is 19.1. The van der Waals surface area contributed by atoms with E-state index in [1.807, 2.05) is 0 Å². The lowest BCUT2D eigenvalue weighted by atomic mass is 9.64. The molecule has 15 heteroatoms. The van der Waals surface area contributed by atoms with Crippen molar-refractivity contribution < 1.29 is 48.3 Å². The SMILES string of the molecule is CCN1CCN(C(=O)NC(C(=O)C[C@H]2Cc3ccc(F)c(C(=O)O)c3OB2O)c2ccc(O)cn2)C(=O)C1=O. The van der Waals surface area contributed by atoms with Crippen LogP contribution in [0.4, 0.5) is 9.18 Å². The number of pyridine rings is 1. The molecule has 0 spiro atoms. The van der Waals surface area contributed by atoms with E-state index in [0.717, 1.165) is 12.3 Å². The molecular weight excluding hydrogens is 518 g/mol. The van der Waals surface area contributed by atoms with Crippen LogP contribution >= 0.6 is 0 Å². The minimum absolute atomic E-state index is 0.0129. The molecule has 0 radical (unpaired) electrons. The van der Waals surface area contributed by atoms with Crippen molar-refractivity contribution >= 4 is 36.7 Å². The molecule has 39 heavy (non-hydrogen) atoms. The van der Waals surface area contributed by atoms with Crippen molar-refractivity contribution in [1.29, 1.82) is 0 Å². The van der Waals surface area contributed by atoms with Gasteiger partial charge in [0, 0.05) is 31.9 Å². The minimum Gasteiger partial charge on any atom is -0.535 e. The van der Waals surface area contributed by atoms with Crippen molar-refractivity contribution in [3.05, 3.63) is 53.1 Å². The fourth-order valence-electron chi connectivity index (χ4n) is 4.50. The lowest BCUT2D eigenvalue weighted by Crippen LogP contribution is -2.58. The maximum atomic E-state index is 14.0. The number of carboxylic acid groups (broad SMARTS) is 1. The van der Waals surface area contributed by atoms with Crippen LogP contribution in [0.25, 0.3) is 0 Å². The summed E-state index contributed by atoms with van der Waals surface area (Å²) in [5.41, 5.74) is -0.464. The number of piperazine rings is 1. The summed E-state index contributed by atoms with van der Waals surface area (Å²) in [5.74, 6) is -6.66. The second kappa shape index (κ2) is 11.1. The van der Waals surface area contributed by atoms with Gasteiger partial charge in [-0.05, 0) is 37.1 Å². The van der Waals surface area contributed by atoms with Crippen LogP contribution in [0.1, 0.15) is 41.0 Å². The monoisotopic (exact) mass is 542 g/mol. The standard InChI is InChI=1S/C24H24BFN4O9/c1-2-29-7-8-30(22(34)21(29)33)24(37)28-19(16-6-4-14(31)11-27-16)17(32)10-13-9-12-3-5-15(26)18(23(35)36)20(12)39-25(13)38/h3-6,11,13,19,31,38H,2,7-10H2,1H3,(H,28,37)(H,35,36)/t13-,19?/m1/s1. The minimum atomic E-state index is -1.67. The number of Topliss-reactive ketones (excluding diaryl/α,β-unsaturated/α-hetero) is 1. The van der Waals surface area contributed by atoms with Gasteiger partial charge in [0.2, 0.25) is 0 Å². The summed E-state index contributed by atoms with van der Waals surface area (Å²) in [6.07, 6.45) is 0.607. The number of urea groups is 1. The molecule has 4 N–H and O–H groups in total. The Kier molecular flexibility index (Phi) is 7.81. The number of likely N-dealkylation sites (N-methyl/N-ethyl adjacent to an activating group) is 1. The molecule has 1 aromatic carbocycles. The quantitative estimate of drug-likeness (QED) is 0.284. The third kappa shape index (κ3) is 5.52. The van der Waals surface area contributed by atoms with Gasteiger partial charge in [0.1, 0.15) is 28.9 Å². The summed E-state index contributed by atoms with van der Waals surface area (Å²) in [5, 5.41) is 31.9. The van der Waals surface area contributed by atoms with Gasteiger partial charge in [-0.2, -0.15) is 0 Å². The highest BCUT2D eigenvalue weighted by Crippen LogP contribution is 2.38. The topological polar surface area (TPSA) is 187 Å². The van der Waals surface area contributed by atoms with E-state index < -0.39 is 66.4 Å². The van der Waals surface area contributed by atoms with E-state index in [1.54, 1.807) is 6.92 Å². The van der Waals surface area contributed by atoms with Gasteiger partial charge < -0.3 is 30.1 Å². The van der Waals surface area contributed by atoms with Crippen LogP contribution in [-0.4, -0.2) is 86.4 Å².